The van der Waals surface area contributed by atoms with E-state index >= 15 is 0 Å². The number of methoxy groups -OCH3 is 2. The predicted octanol–water partition coefficient (Wildman–Crippen LogP) is 3.56. The molecule has 0 atom stereocenters. The Labute approximate surface area is 136 Å². The zero-order valence-corrected chi connectivity index (χ0v) is 13.6. The monoisotopic (exact) mass is 320 g/mol. The first-order valence-electron chi connectivity index (χ1n) is 7.14. The van der Waals surface area contributed by atoms with E-state index in [9.17, 15) is 0 Å². The number of anilines is 1. The van der Waals surface area contributed by atoms with Crippen LogP contribution in [0.2, 0.25) is 5.02 Å². The van der Waals surface area contributed by atoms with Crippen LogP contribution in [0.15, 0.2) is 42.5 Å². The largest absolute Gasteiger partial charge is 0.493 e. The lowest BCUT2D eigenvalue weighted by Crippen LogP contribution is -2.21. The van der Waals surface area contributed by atoms with E-state index in [4.69, 9.17) is 21.1 Å². The molecule has 0 fully saturated rings. The summed E-state index contributed by atoms with van der Waals surface area (Å²) in [6.07, 6.45) is 0. The van der Waals surface area contributed by atoms with Crippen molar-refractivity contribution in [3.05, 3.63) is 53.1 Å². The quantitative estimate of drug-likeness (QED) is 0.730. The maximum atomic E-state index is 5.94. The van der Waals surface area contributed by atoms with E-state index in [0.29, 0.717) is 0 Å². The van der Waals surface area contributed by atoms with Crippen molar-refractivity contribution in [3.8, 4) is 11.5 Å². The summed E-state index contributed by atoms with van der Waals surface area (Å²) >= 11 is 5.94. The number of hydrogen-bond acceptors (Lipinski definition) is 4. The topological polar surface area (TPSA) is 42.5 Å². The molecule has 2 aromatic carbocycles. The molecule has 0 aliphatic rings. The summed E-state index contributed by atoms with van der Waals surface area (Å²) in [7, 11) is 3.28. The minimum atomic E-state index is 0.739. The molecule has 0 saturated heterocycles. The van der Waals surface area contributed by atoms with Gasteiger partial charge in [-0.2, -0.15) is 0 Å². The molecule has 0 aromatic heterocycles. The molecule has 2 N–H and O–H groups in total. The molecule has 0 radical (unpaired) electrons. The molecular formula is C17H21ClN2O2. The van der Waals surface area contributed by atoms with Gasteiger partial charge in [-0.25, -0.2) is 0 Å². The van der Waals surface area contributed by atoms with Crippen LogP contribution in [-0.4, -0.2) is 27.3 Å². The van der Waals surface area contributed by atoms with Crippen LogP contribution >= 0.6 is 11.6 Å². The molecule has 0 spiro atoms. The molecule has 0 saturated carbocycles. The van der Waals surface area contributed by atoms with Crippen molar-refractivity contribution in [1.82, 2.24) is 5.32 Å². The third kappa shape index (κ3) is 4.83. The summed E-state index contributed by atoms with van der Waals surface area (Å²) in [4.78, 5) is 0. The molecule has 0 bridgehead atoms. The molecule has 2 aromatic rings. The van der Waals surface area contributed by atoms with Crippen molar-refractivity contribution in [3.63, 3.8) is 0 Å². The highest BCUT2D eigenvalue weighted by Gasteiger charge is 2.04. The number of hydrogen-bond donors (Lipinski definition) is 2. The zero-order valence-electron chi connectivity index (χ0n) is 12.9. The van der Waals surface area contributed by atoms with Gasteiger partial charge in [0, 0.05) is 30.3 Å². The molecule has 22 heavy (non-hydrogen) atoms. The molecule has 5 heteroatoms. The van der Waals surface area contributed by atoms with E-state index in [0.717, 1.165) is 47.4 Å². The molecule has 0 aliphatic carbocycles. The van der Waals surface area contributed by atoms with Gasteiger partial charge in [-0.1, -0.05) is 23.7 Å². The Bertz CT molecular complexity index is 605. The van der Waals surface area contributed by atoms with E-state index in [2.05, 4.69) is 10.6 Å². The second kappa shape index (κ2) is 8.51. The van der Waals surface area contributed by atoms with Gasteiger partial charge in [0.1, 0.15) is 0 Å². The van der Waals surface area contributed by atoms with Gasteiger partial charge in [-0.3, -0.25) is 0 Å². The van der Waals surface area contributed by atoms with Gasteiger partial charge in [0.05, 0.1) is 14.2 Å². The van der Waals surface area contributed by atoms with Gasteiger partial charge in [0.15, 0.2) is 11.5 Å². The van der Waals surface area contributed by atoms with Crippen molar-refractivity contribution < 1.29 is 9.47 Å². The maximum absolute atomic E-state index is 5.94. The van der Waals surface area contributed by atoms with Crippen LogP contribution in [0.25, 0.3) is 0 Å². The van der Waals surface area contributed by atoms with Crippen molar-refractivity contribution in [2.45, 2.75) is 6.54 Å². The average molecular weight is 321 g/mol. The number of ether oxygens (including phenoxy) is 2. The van der Waals surface area contributed by atoms with Gasteiger partial charge in [-0.15, -0.1) is 0 Å². The van der Waals surface area contributed by atoms with E-state index in [-0.39, 0.29) is 0 Å². The summed E-state index contributed by atoms with van der Waals surface area (Å²) in [5.41, 5.74) is 2.18. The van der Waals surface area contributed by atoms with E-state index in [1.54, 1.807) is 14.2 Å². The highest BCUT2D eigenvalue weighted by atomic mass is 35.5. The molecule has 0 heterocycles. The van der Waals surface area contributed by atoms with Crippen LogP contribution in [0.4, 0.5) is 5.69 Å². The highest BCUT2D eigenvalue weighted by molar-refractivity contribution is 6.30. The molecule has 2 rings (SSSR count). The Morgan fingerprint density at radius 3 is 2.50 bits per heavy atom. The SMILES string of the molecule is COc1ccc(CNCCNc2cccc(Cl)c2)cc1OC. The maximum Gasteiger partial charge on any atom is 0.161 e. The van der Waals surface area contributed by atoms with E-state index in [1.807, 2.05) is 42.5 Å². The highest BCUT2D eigenvalue weighted by Crippen LogP contribution is 2.27. The Morgan fingerprint density at radius 1 is 0.955 bits per heavy atom. The molecule has 0 amide bonds. The Hall–Kier alpha value is -1.91. The third-order valence-electron chi connectivity index (χ3n) is 3.23. The van der Waals surface area contributed by atoms with Crippen LogP contribution in [-0.2, 0) is 6.54 Å². The molecule has 0 aliphatic heterocycles. The minimum absolute atomic E-state index is 0.739. The lowest BCUT2D eigenvalue weighted by molar-refractivity contribution is 0.354. The van der Waals surface area contributed by atoms with Crippen molar-refractivity contribution in [1.29, 1.82) is 0 Å². The Morgan fingerprint density at radius 2 is 1.77 bits per heavy atom. The van der Waals surface area contributed by atoms with Crippen molar-refractivity contribution in [2.24, 2.45) is 0 Å². The molecule has 0 unspecified atom stereocenters. The predicted molar refractivity (Wildman–Crippen MR) is 91.2 cm³/mol. The van der Waals surface area contributed by atoms with Gasteiger partial charge in [0.2, 0.25) is 0 Å². The number of halogens is 1. The molecule has 4 nitrogen and oxygen atoms in total. The lowest BCUT2D eigenvalue weighted by Gasteiger charge is -2.11. The van der Waals surface area contributed by atoms with Crippen LogP contribution < -0.4 is 20.1 Å². The number of rotatable bonds is 8. The summed E-state index contributed by atoms with van der Waals surface area (Å²) in [6.45, 7) is 2.45. The fraction of sp³-hybridized carbons (Fsp3) is 0.294. The van der Waals surface area contributed by atoms with Gasteiger partial charge in [0.25, 0.3) is 0 Å². The molecule has 118 valence electrons. The standard InChI is InChI=1S/C17H21ClN2O2/c1-21-16-7-6-13(10-17(16)22-2)12-19-8-9-20-15-5-3-4-14(18)11-15/h3-7,10-11,19-20H,8-9,12H2,1-2H3. The third-order valence-corrected chi connectivity index (χ3v) is 3.47. The summed E-state index contributed by atoms with van der Waals surface area (Å²) in [6, 6.07) is 13.6. The normalized spacial score (nSPS) is 10.3. The Balaban J connectivity index is 1.74. The minimum Gasteiger partial charge on any atom is -0.493 e. The fourth-order valence-electron chi connectivity index (χ4n) is 2.12. The van der Waals surface area contributed by atoms with E-state index in [1.165, 1.54) is 0 Å². The van der Waals surface area contributed by atoms with E-state index < -0.39 is 0 Å². The van der Waals surface area contributed by atoms with Crippen LogP contribution in [0.3, 0.4) is 0 Å². The van der Waals surface area contributed by atoms with Crippen LogP contribution in [0.5, 0.6) is 11.5 Å². The average Bonchev–Trinajstić information content (AvgIpc) is 2.54. The van der Waals surface area contributed by atoms with Crippen LogP contribution in [0, 0.1) is 0 Å². The van der Waals surface area contributed by atoms with Crippen molar-refractivity contribution in [2.75, 3.05) is 32.6 Å². The summed E-state index contributed by atoms with van der Waals surface area (Å²) < 4.78 is 10.5. The lowest BCUT2D eigenvalue weighted by atomic mass is 10.2. The van der Waals surface area contributed by atoms with Crippen LogP contribution in [0.1, 0.15) is 5.56 Å². The Kier molecular flexibility index (Phi) is 6.37. The second-order valence-electron chi connectivity index (χ2n) is 4.80. The summed E-state index contributed by atoms with van der Waals surface area (Å²) in [5.74, 6) is 1.49. The smallest absolute Gasteiger partial charge is 0.161 e. The van der Waals surface area contributed by atoms with Gasteiger partial charge >= 0.3 is 0 Å². The first-order chi connectivity index (χ1) is 10.7. The first kappa shape index (κ1) is 16.5. The summed E-state index contributed by atoms with van der Waals surface area (Å²) in [5, 5.41) is 7.44. The first-order valence-corrected chi connectivity index (χ1v) is 7.52. The number of nitrogens with one attached hydrogen (secondary N) is 2. The second-order valence-corrected chi connectivity index (χ2v) is 5.24. The van der Waals surface area contributed by atoms with Gasteiger partial charge in [-0.05, 0) is 35.9 Å². The fourth-order valence-corrected chi connectivity index (χ4v) is 2.31. The number of benzene rings is 2. The zero-order chi connectivity index (χ0) is 15.8. The molecular weight excluding hydrogens is 300 g/mol. The van der Waals surface area contributed by atoms with Crippen molar-refractivity contribution >= 4 is 17.3 Å². The van der Waals surface area contributed by atoms with Gasteiger partial charge < -0.3 is 20.1 Å².